The zero-order valence-electron chi connectivity index (χ0n) is 49.6. The zero-order valence-corrected chi connectivity index (χ0v) is 50.5. The molecule has 6 aromatic rings. The van der Waals surface area contributed by atoms with Crippen LogP contribution in [0.5, 0.6) is 5.75 Å². The van der Waals surface area contributed by atoms with Crippen molar-refractivity contribution in [1.29, 1.82) is 0 Å². The van der Waals surface area contributed by atoms with E-state index in [1.165, 1.54) is 4.80 Å². The molecule has 2 aliphatic heterocycles. The van der Waals surface area contributed by atoms with E-state index in [9.17, 15) is 54.4 Å². The van der Waals surface area contributed by atoms with Gasteiger partial charge in [0, 0.05) is 34.6 Å². The first kappa shape index (κ1) is 66.0. The molecule has 8 rings (SSSR count). The fraction of sp³-hybridized carbons (Fsp3) is 0.446. The van der Waals surface area contributed by atoms with Crippen molar-refractivity contribution in [2.24, 2.45) is 0 Å². The lowest BCUT2D eigenvalue weighted by Gasteiger charge is -2.37. The molecule has 0 saturated carbocycles. The molecule has 1 aromatic heterocycles. The van der Waals surface area contributed by atoms with Gasteiger partial charge >= 0.3 is 5.97 Å². The third kappa shape index (κ3) is 18.1. The van der Waals surface area contributed by atoms with Crippen molar-refractivity contribution in [2.75, 3.05) is 13.1 Å². The maximum absolute atomic E-state index is 14.9. The molecule has 2 amide bonds. The van der Waals surface area contributed by atoms with Gasteiger partial charge in [-0.05, 0) is 144 Å². The molecule has 22 heteroatoms. The van der Waals surface area contributed by atoms with Gasteiger partial charge in [0.25, 0.3) is 5.91 Å². The molecule has 21 nitrogen and oxygen atoms in total. The van der Waals surface area contributed by atoms with Crippen molar-refractivity contribution in [3.63, 3.8) is 0 Å². The van der Waals surface area contributed by atoms with Crippen molar-refractivity contribution in [3.8, 4) is 11.4 Å². The van der Waals surface area contributed by atoms with Gasteiger partial charge < -0.3 is 69.5 Å². The van der Waals surface area contributed by atoms with E-state index in [-0.39, 0.29) is 93.9 Å². The number of carbonyl (C=O) groups excluding carboxylic acids is 4. The second-order valence-corrected chi connectivity index (χ2v) is 25.6. The number of ether oxygens (including phenoxy) is 5. The van der Waals surface area contributed by atoms with E-state index in [1.807, 2.05) is 13.8 Å². The number of amides is 2. The standard InChI is InChI=1S/C65H80N5O16P/c1-7-59(77)66-36-62-85-51(33-47(73)29-45(71)25-41(5)82-60(78)28-43-19-20-55-56(27-43)69-70(68-55)57-22-38(2)18-21-58(57)76)35-52(86-62)34-49(75)31-46(72)30-48(74)32-50-26-42(6)83-61(84-50)37-67-64(79)44-23-39(3)63(40(4)24-44)65(80)87(81,53-14-10-8-11-15-53)54-16-12-9-13-17-54/h7-24,27,41-42,45-52,61-62,71-76H,1,25-26,28-37H2,2-6H3,(H,66,77)(H,67,79). The first-order chi connectivity index (χ1) is 41.5. The molecule has 87 heavy (non-hydrogen) atoms. The van der Waals surface area contributed by atoms with E-state index >= 15 is 0 Å². The minimum atomic E-state index is -3.80. The number of benzene rings is 5. The molecular formula is C65H80N5O16P. The largest absolute Gasteiger partial charge is 0.506 e. The Bertz CT molecular complexity index is 3320. The number of phenolic OH excluding ortho intramolecular Hbond substituents is 1. The summed E-state index contributed by atoms with van der Waals surface area (Å²) < 4.78 is 44.8. The summed E-state index contributed by atoms with van der Waals surface area (Å²) >= 11 is 0. The summed E-state index contributed by atoms with van der Waals surface area (Å²) in [7, 11) is -3.80. The summed E-state index contributed by atoms with van der Waals surface area (Å²) in [6.07, 6.45) is -8.24. The number of hydrogen-bond donors (Lipinski definition) is 8. The average molecular weight is 1220 g/mol. The second kappa shape index (κ2) is 30.3. The Morgan fingerprint density at radius 3 is 1.78 bits per heavy atom. The van der Waals surface area contributed by atoms with Gasteiger partial charge in [-0.1, -0.05) is 79.4 Å². The molecule has 8 N–H and O–H groups in total. The number of nitrogens with one attached hydrogen (secondary N) is 2. The van der Waals surface area contributed by atoms with E-state index < -0.39 is 98.0 Å². The monoisotopic (exact) mass is 1220 g/mol. The Morgan fingerprint density at radius 2 is 1.21 bits per heavy atom. The molecule has 3 heterocycles. The van der Waals surface area contributed by atoms with Crippen LogP contribution in [0.1, 0.15) is 115 Å². The highest BCUT2D eigenvalue weighted by atomic mass is 31.2. The Labute approximate surface area is 506 Å². The lowest BCUT2D eigenvalue weighted by Crippen LogP contribution is -2.46. The molecule has 12 unspecified atom stereocenters. The first-order valence-corrected chi connectivity index (χ1v) is 31.2. The second-order valence-electron chi connectivity index (χ2n) is 23.0. The van der Waals surface area contributed by atoms with Crippen LogP contribution in [0, 0.1) is 20.8 Å². The minimum Gasteiger partial charge on any atom is -0.506 e. The van der Waals surface area contributed by atoms with Crippen molar-refractivity contribution < 1.29 is 78.1 Å². The maximum atomic E-state index is 14.9. The van der Waals surface area contributed by atoms with E-state index in [2.05, 4.69) is 27.4 Å². The summed E-state index contributed by atoms with van der Waals surface area (Å²) in [6.45, 7) is 12.2. The van der Waals surface area contributed by atoms with E-state index in [1.54, 1.807) is 130 Å². The summed E-state index contributed by atoms with van der Waals surface area (Å²) in [5, 5.41) is 81.2. The van der Waals surface area contributed by atoms with Crippen LogP contribution in [-0.4, -0.2) is 156 Å². The van der Waals surface area contributed by atoms with Crippen LogP contribution in [0.25, 0.3) is 16.7 Å². The van der Waals surface area contributed by atoms with Crippen molar-refractivity contribution >= 4 is 52.1 Å². The van der Waals surface area contributed by atoms with Crippen molar-refractivity contribution in [1.82, 2.24) is 25.6 Å². The highest BCUT2D eigenvalue weighted by Crippen LogP contribution is 2.48. The highest BCUT2D eigenvalue weighted by molar-refractivity contribution is 7.93. The number of aromatic nitrogens is 3. The van der Waals surface area contributed by atoms with Gasteiger partial charge in [0.15, 0.2) is 12.6 Å². The summed E-state index contributed by atoms with van der Waals surface area (Å²) in [4.78, 5) is 54.4. The third-order valence-electron chi connectivity index (χ3n) is 15.4. The number of esters is 1. The van der Waals surface area contributed by atoms with Crippen LogP contribution in [0.15, 0.2) is 122 Å². The van der Waals surface area contributed by atoms with E-state index in [0.29, 0.717) is 50.4 Å². The van der Waals surface area contributed by atoms with Crippen molar-refractivity contribution in [2.45, 2.75) is 172 Å². The van der Waals surface area contributed by atoms with Crippen LogP contribution in [-0.2, 0) is 44.3 Å². The number of phenols is 1. The van der Waals surface area contributed by atoms with Gasteiger partial charge in [0.1, 0.15) is 28.6 Å². The molecule has 5 aromatic carbocycles. The molecule has 12 atom stereocenters. The van der Waals surface area contributed by atoms with Crippen molar-refractivity contribution in [3.05, 3.63) is 155 Å². The first-order valence-electron chi connectivity index (χ1n) is 29.5. The Hall–Kier alpha value is -7.01. The average Bonchev–Trinajstić information content (AvgIpc) is 4.05. The van der Waals surface area contributed by atoms with Crippen LogP contribution in [0.2, 0.25) is 0 Å². The lowest BCUT2D eigenvalue weighted by molar-refractivity contribution is -0.248. The van der Waals surface area contributed by atoms with Gasteiger partial charge in [-0.15, -0.1) is 15.0 Å². The molecule has 466 valence electrons. The zero-order chi connectivity index (χ0) is 62.5. The normalized spacial score (nSPS) is 21.0. The van der Waals surface area contributed by atoms with E-state index in [0.717, 1.165) is 11.6 Å². The van der Waals surface area contributed by atoms with E-state index in [4.69, 9.17) is 23.7 Å². The minimum absolute atomic E-state index is 0.0226. The fourth-order valence-electron chi connectivity index (χ4n) is 11.5. The number of nitrogens with zero attached hydrogens (tertiary/aromatic N) is 3. The third-order valence-corrected chi connectivity index (χ3v) is 18.3. The quantitative estimate of drug-likeness (QED) is 0.0159. The number of fused-ring (bicyclic) bond motifs is 1. The molecule has 2 fully saturated rings. The van der Waals surface area contributed by atoms with Gasteiger partial charge in [0.05, 0.1) is 74.4 Å². The number of aryl methyl sites for hydroxylation is 3. The Balaban J connectivity index is 0.770. The lowest BCUT2D eigenvalue weighted by atomic mass is 9.94. The fourth-order valence-corrected chi connectivity index (χ4v) is 14.1. The predicted octanol–water partition coefficient (Wildman–Crippen LogP) is 5.97. The van der Waals surface area contributed by atoms with Gasteiger partial charge in [-0.2, -0.15) is 0 Å². The molecule has 0 spiro atoms. The maximum Gasteiger partial charge on any atom is 0.310 e. The molecule has 0 bridgehead atoms. The number of hydrogen-bond acceptors (Lipinski definition) is 18. The molecule has 0 radical (unpaired) electrons. The summed E-state index contributed by atoms with van der Waals surface area (Å²) in [5.74, 6) is -1.42. The van der Waals surface area contributed by atoms with Gasteiger partial charge in [0.2, 0.25) is 18.6 Å². The van der Waals surface area contributed by atoms with Gasteiger partial charge in [-0.3, -0.25) is 19.2 Å². The molecule has 0 aliphatic carbocycles. The smallest absolute Gasteiger partial charge is 0.310 e. The summed E-state index contributed by atoms with van der Waals surface area (Å²) in [5.41, 5.74) is 4.09. The molecule has 2 aliphatic rings. The number of rotatable bonds is 28. The number of carbonyl (C=O) groups is 4. The number of aromatic hydroxyl groups is 1. The van der Waals surface area contributed by atoms with Crippen LogP contribution < -0.4 is 21.2 Å². The van der Waals surface area contributed by atoms with Gasteiger partial charge in [-0.25, -0.2) is 0 Å². The highest BCUT2D eigenvalue weighted by Gasteiger charge is 2.39. The molecule has 2 saturated heterocycles. The topological polar surface area (TPSA) is 308 Å². The predicted molar refractivity (Wildman–Crippen MR) is 324 cm³/mol. The van der Waals surface area contributed by atoms with Crippen LogP contribution in [0.4, 0.5) is 0 Å². The summed E-state index contributed by atoms with van der Waals surface area (Å²) in [6, 6.07) is 30.8. The number of aliphatic hydroxyl groups excluding tert-OH is 5. The van der Waals surface area contributed by atoms with Crippen LogP contribution >= 0.6 is 7.14 Å². The van der Waals surface area contributed by atoms with Crippen LogP contribution in [0.3, 0.4) is 0 Å². The Kier molecular flexibility index (Phi) is 22.9. The molecular weight excluding hydrogens is 1140 g/mol. The SMILES string of the molecule is C=CC(=O)NCC1OC(CC(O)CC(O)CC(O)CC2CC(C)OC(CNC(=O)c3cc(C)c(C(=O)P(=O)(c4ccccc4)c4ccccc4)c(C)c3)O2)CC(CC(O)CC(O)CC(C)OC(=O)Cc2ccc3nn(-c4cc(C)ccc4O)nc3c2)O1. The Morgan fingerprint density at radius 1 is 0.678 bits per heavy atom. The number of aliphatic hydroxyl groups is 5.